The Hall–Kier alpha value is -2.32. The van der Waals surface area contributed by atoms with Gasteiger partial charge in [-0.3, -0.25) is 14.4 Å². The zero-order chi connectivity index (χ0) is 19.3. The first-order valence-electron chi connectivity index (χ1n) is 9.69. The van der Waals surface area contributed by atoms with E-state index in [1.807, 2.05) is 6.07 Å². The second-order valence-electron chi connectivity index (χ2n) is 7.82. The van der Waals surface area contributed by atoms with E-state index in [-0.39, 0.29) is 30.3 Å². The molecule has 0 spiro atoms. The number of rotatable bonds is 5. The molecule has 3 heterocycles. The lowest BCUT2D eigenvalue weighted by atomic mass is 10.1. The average molecular weight is 399 g/mol. The number of carbonyl (C=O) groups is 3. The average Bonchev–Trinajstić information content (AvgIpc) is 3.08. The topological polar surface area (TPSA) is 88.6 Å². The molecule has 3 aliphatic rings. The highest BCUT2D eigenvalue weighted by molar-refractivity contribution is 7.16. The lowest BCUT2D eigenvalue weighted by molar-refractivity contribution is -0.138. The molecule has 1 saturated carbocycles. The van der Waals surface area contributed by atoms with Gasteiger partial charge in [-0.15, -0.1) is 11.3 Å². The molecule has 0 bridgehead atoms. The number of amides is 2. The van der Waals surface area contributed by atoms with Crippen LogP contribution in [0, 0.1) is 5.92 Å². The molecule has 1 aromatic carbocycles. The second-order valence-corrected chi connectivity index (χ2v) is 8.71. The fourth-order valence-corrected chi connectivity index (χ4v) is 4.85. The summed E-state index contributed by atoms with van der Waals surface area (Å²) in [7, 11) is 0. The third kappa shape index (κ3) is 3.20. The van der Waals surface area contributed by atoms with Gasteiger partial charge in [0.1, 0.15) is 18.7 Å². The number of ketones is 1. The van der Waals surface area contributed by atoms with Crippen molar-refractivity contribution in [3.63, 3.8) is 0 Å². The number of Topliss-reactive ketones (excluding diaryl/α,β-unsaturated/α-hetero) is 1. The first-order chi connectivity index (χ1) is 13.6. The fraction of sp³-hybridized carbons (Fsp3) is 0.500. The fourth-order valence-electron chi connectivity index (χ4n) is 4.19. The predicted octanol–water partition coefficient (Wildman–Crippen LogP) is 1.76. The summed E-state index contributed by atoms with van der Waals surface area (Å²) in [6.07, 6.45) is 3.26. The summed E-state index contributed by atoms with van der Waals surface area (Å²) >= 11 is 1.52. The highest BCUT2D eigenvalue weighted by Crippen LogP contribution is 2.35. The van der Waals surface area contributed by atoms with Gasteiger partial charge in [-0.2, -0.15) is 0 Å². The molecule has 28 heavy (non-hydrogen) atoms. The zero-order valence-corrected chi connectivity index (χ0v) is 16.1. The van der Waals surface area contributed by atoms with Crippen molar-refractivity contribution in [2.75, 3.05) is 13.2 Å². The molecule has 2 aliphatic heterocycles. The lowest BCUT2D eigenvalue weighted by Gasteiger charge is -2.27. The van der Waals surface area contributed by atoms with E-state index >= 15 is 0 Å². The van der Waals surface area contributed by atoms with E-state index in [2.05, 4.69) is 10.3 Å². The van der Waals surface area contributed by atoms with Crippen molar-refractivity contribution < 1.29 is 19.1 Å². The van der Waals surface area contributed by atoms with Crippen molar-refractivity contribution in [3.8, 4) is 0 Å². The molecule has 5 rings (SSSR count). The Morgan fingerprint density at radius 2 is 2.18 bits per heavy atom. The Kier molecular flexibility index (Phi) is 4.40. The van der Waals surface area contributed by atoms with E-state index < -0.39 is 12.1 Å². The molecule has 8 heteroatoms. The molecule has 3 atom stereocenters. The Morgan fingerprint density at radius 1 is 1.32 bits per heavy atom. The number of benzene rings is 1. The minimum Gasteiger partial charge on any atom is -0.368 e. The van der Waals surface area contributed by atoms with Crippen LogP contribution in [0.15, 0.2) is 23.7 Å². The van der Waals surface area contributed by atoms with Crippen LogP contribution in [0.3, 0.4) is 0 Å². The van der Waals surface area contributed by atoms with Crippen LogP contribution < -0.4 is 5.32 Å². The van der Waals surface area contributed by atoms with Gasteiger partial charge in [-0.25, -0.2) is 4.98 Å². The largest absolute Gasteiger partial charge is 0.368 e. The van der Waals surface area contributed by atoms with Crippen LogP contribution in [0.25, 0.3) is 10.2 Å². The molecular weight excluding hydrogens is 378 g/mol. The second kappa shape index (κ2) is 6.93. The maximum Gasteiger partial charge on any atom is 0.252 e. The molecule has 7 nitrogen and oxygen atoms in total. The number of nitrogens with zero attached hydrogens (tertiary/aromatic N) is 2. The van der Waals surface area contributed by atoms with Gasteiger partial charge >= 0.3 is 0 Å². The number of thiazole rings is 1. The smallest absolute Gasteiger partial charge is 0.252 e. The van der Waals surface area contributed by atoms with Crippen molar-refractivity contribution in [3.05, 3.63) is 29.3 Å². The van der Waals surface area contributed by atoms with E-state index in [1.165, 1.54) is 11.3 Å². The number of carbonyl (C=O) groups excluding carboxylic acids is 3. The van der Waals surface area contributed by atoms with Gasteiger partial charge < -0.3 is 15.0 Å². The molecule has 1 aromatic heterocycles. The van der Waals surface area contributed by atoms with Crippen molar-refractivity contribution in [1.29, 1.82) is 0 Å². The van der Waals surface area contributed by atoms with E-state index in [9.17, 15) is 14.4 Å². The van der Waals surface area contributed by atoms with E-state index in [0.717, 1.165) is 23.1 Å². The minimum atomic E-state index is -0.613. The van der Waals surface area contributed by atoms with Crippen LogP contribution in [-0.2, 0) is 14.3 Å². The van der Waals surface area contributed by atoms with Crippen molar-refractivity contribution in [2.45, 2.75) is 43.9 Å². The normalized spacial score (nSPS) is 25.1. The SMILES string of the molecule is O=C(NC(CC1CC1)C(=O)N1CCC2OCC(=O)C21)c1ccc2scnc2c1. The Labute approximate surface area is 166 Å². The molecule has 3 fully saturated rings. The molecule has 0 radical (unpaired) electrons. The highest BCUT2D eigenvalue weighted by Gasteiger charge is 2.48. The third-order valence-corrected chi connectivity index (χ3v) is 6.67. The summed E-state index contributed by atoms with van der Waals surface area (Å²) in [5.41, 5.74) is 3.02. The van der Waals surface area contributed by atoms with Crippen LogP contribution in [0.1, 0.15) is 36.0 Å². The maximum atomic E-state index is 13.2. The van der Waals surface area contributed by atoms with Crippen molar-refractivity contribution >= 4 is 39.2 Å². The number of fused-ring (bicyclic) bond motifs is 2. The summed E-state index contributed by atoms with van der Waals surface area (Å²) in [5.74, 6) is -0.0227. The van der Waals surface area contributed by atoms with E-state index in [4.69, 9.17) is 4.74 Å². The van der Waals surface area contributed by atoms with Gasteiger partial charge in [-0.1, -0.05) is 12.8 Å². The number of aromatic nitrogens is 1. The molecule has 2 amide bonds. The molecule has 2 aromatic rings. The van der Waals surface area contributed by atoms with Crippen molar-refractivity contribution in [2.24, 2.45) is 5.92 Å². The zero-order valence-electron chi connectivity index (χ0n) is 15.3. The van der Waals surface area contributed by atoms with Gasteiger partial charge in [0.2, 0.25) is 5.91 Å². The molecule has 1 aliphatic carbocycles. The van der Waals surface area contributed by atoms with Crippen molar-refractivity contribution in [1.82, 2.24) is 15.2 Å². The summed E-state index contributed by atoms with van der Waals surface area (Å²) in [6, 6.07) is 4.28. The first kappa shape index (κ1) is 17.8. The lowest BCUT2D eigenvalue weighted by Crippen LogP contribution is -2.52. The monoisotopic (exact) mass is 399 g/mol. The number of ether oxygens (including phenoxy) is 1. The van der Waals surface area contributed by atoms with E-state index in [1.54, 1.807) is 22.5 Å². The first-order valence-corrected chi connectivity index (χ1v) is 10.6. The Morgan fingerprint density at radius 3 is 3.00 bits per heavy atom. The predicted molar refractivity (Wildman–Crippen MR) is 103 cm³/mol. The van der Waals surface area contributed by atoms with Crippen LogP contribution in [0.2, 0.25) is 0 Å². The minimum absolute atomic E-state index is 0.0404. The maximum absolute atomic E-state index is 13.2. The summed E-state index contributed by atoms with van der Waals surface area (Å²) in [6.45, 7) is 0.578. The Bertz CT molecular complexity index is 954. The molecule has 2 saturated heterocycles. The molecule has 1 N–H and O–H groups in total. The number of hydrogen-bond donors (Lipinski definition) is 1. The van der Waals surface area contributed by atoms with Gasteiger partial charge in [0, 0.05) is 12.1 Å². The van der Waals surface area contributed by atoms with Gasteiger partial charge in [0.05, 0.1) is 21.8 Å². The summed E-state index contributed by atoms with van der Waals surface area (Å²) in [5, 5.41) is 2.93. The Balaban J connectivity index is 1.35. The molecule has 3 unspecified atom stereocenters. The molecule has 146 valence electrons. The highest BCUT2D eigenvalue weighted by atomic mass is 32.1. The number of likely N-dealkylation sites (tertiary alicyclic amines) is 1. The van der Waals surface area contributed by atoms with Gasteiger partial charge in [-0.05, 0) is 37.0 Å². The number of nitrogens with one attached hydrogen (secondary N) is 1. The van der Waals surface area contributed by atoms with E-state index in [0.29, 0.717) is 30.9 Å². The van der Waals surface area contributed by atoms with Gasteiger partial charge in [0.15, 0.2) is 5.78 Å². The third-order valence-electron chi connectivity index (χ3n) is 5.86. The molecular formula is C20H21N3O4S. The number of hydrogen-bond acceptors (Lipinski definition) is 6. The quantitative estimate of drug-likeness (QED) is 0.828. The summed E-state index contributed by atoms with van der Waals surface area (Å²) < 4.78 is 6.51. The van der Waals surface area contributed by atoms with Crippen LogP contribution in [0.4, 0.5) is 0 Å². The van der Waals surface area contributed by atoms with Gasteiger partial charge in [0.25, 0.3) is 5.91 Å². The van der Waals surface area contributed by atoms with Crippen LogP contribution >= 0.6 is 11.3 Å². The van der Waals surface area contributed by atoms with Crippen LogP contribution in [-0.4, -0.2) is 58.8 Å². The summed E-state index contributed by atoms with van der Waals surface area (Å²) in [4.78, 5) is 44.1. The van der Waals surface area contributed by atoms with Crippen LogP contribution in [0.5, 0.6) is 0 Å². The standard InChI is InChI=1S/C20H21N3O4S/c24-15-9-27-16-5-6-23(18(15)16)20(26)14(7-11-1-2-11)22-19(25)12-3-4-17-13(8-12)21-10-28-17/h3-4,8,10-11,14,16,18H,1-2,5-7,9H2,(H,22,25).